The monoisotopic (exact) mass is 244 g/mol. The Balaban J connectivity index is 1.92. The second-order valence-corrected chi connectivity index (χ2v) is 4.68. The Morgan fingerprint density at radius 3 is 2.53 bits per heavy atom. The topological polar surface area (TPSA) is 28.7 Å². The first kappa shape index (κ1) is 10.4. The maximum absolute atomic E-state index is 12.8. The lowest BCUT2D eigenvalue weighted by Gasteiger charge is -1.96. The number of aromatic amines is 1. The summed E-state index contributed by atoms with van der Waals surface area (Å²) in [5.41, 5.74) is 1.95. The van der Waals surface area contributed by atoms with E-state index in [1.807, 2.05) is 24.3 Å². The molecule has 0 radical (unpaired) electrons. The van der Waals surface area contributed by atoms with Crippen molar-refractivity contribution < 1.29 is 4.39 Å². The van der Waals surface area contributed by atoms with E-state index in [0.29, 0.717) is 0 Å². The maximum Gasteiger partial charge on any atom is 0.171 e. The Kier molecular flexibility index (Phi) is 2.57. The Bertz CT molecular complexity index is 613. The van der Waals surface area contributed by atoms with Crippen LogP contribution in [0, 0.1) is 5.82 Å². The summed E-state index contributed by atoms with van der Waals surface area (Å²) in [6.07, 6.45) is 0. The molecule has 0 aliphatic carbocycles. The van der Waals surface area contributed by atoms with Gasteiger partial charge in [0.1, 0.15) is 5.82 Å². The van der Waals surface area contributed by atoms with Crippen molar-refractivity contribution in [2.24, 2.45) is 0 Å². The van der Waals surface area contributed by atoms with Gasteiger partial charge in [0, 0.05) is 4.90 Å². The number of H-pyrrole nitrogens is 1. The lowest BCUT2D eigenvalue weighted by Crippen LogP contribution is -1.77. The van der Waals surface area contributed by atoms with Gasteiger partial charge in [-0.3, -0.25) is 0 Å². The lowest BCUT2D eigenvalue weighted by atomic mass is 10.3. The molecule has 3 aromatic rings. The smallest absolute Gasteiger partial charge is 0.171 e. The standard InChI is InChI=1S/C13H9FN2S/c14-9-5-7-10(8-6-9)17-13-15-11-3-1-2-4-12(11)16-13/h1-8H,(H,15,16). The van der Waals surface area contributed by atoms with Gasteiger partial charge in [0.05, 0.1) is 11.0 Å². The van der Waals surface area contributed by atoms with E-state index >= 15 is 0 Å². The number of fused-ring (bicyclic) bond motifs is 1. The van der Waals surface area contributed by atoms with Gasteiger partial charge in [-0.25, -0.2) is 9.37 Å². The van der Waals surface area contributed by atoms with E-state index in [2.05, 4.69) is 9.97 Å². The second kappa shape index (κ2) is 4.22. The van der Waals surface area contributed by atoms with Gasteiger partial charge < -0.3 is 4.98 Å². The number of para-hydroxylation sites is 2. The zero-order valence-corrected chi connectivity index (χ0v) is 9.67. The van der Waals surface area contributed by atoms with Gasteiger partial charge in [-0.1, -0.05) is 23.9 Å². The molecule has 3 rings (SSSR count). The van der Waals surface area contributed by atoms with Crippen LogP contribution in [0.2, 0.25) is 0 Å². The predicted molar refractivity (Wildman–Crippen MR) is 66.6 cm³/mol. The summed E-state index contributed by atoms with van der Waals surface area (Å²) in [4.78, 5) is 8.62. The third-order valence-electron chi connectivity index (χ3n) is 2.40. The van der Waals surface area contributed by atoms with Crippen molar-refractivity contribution in [2.75, 3.05) is 0 Å². The van der Waals surface area contributed by atoms with Crippen molar-refractivity contribution in [3.8, 4) is 0 Å². The van der Waals surface area contributed by atoms with E-state index in [1.165, 1.54) is 23.9 Å². The summed E-state index contributed by atoms with van der Waals surface area (Å²) in [5.74, 6) is -0.223. The Morgan fingerprint density at radius 2 is 1.76 bits per heavy atom. The fraction of sp³-hybridized carbons (Fsp3) is 0. The van der Waals surface area contributed by atoms with Crippen molar-refractivity contribution in [1.29, 1.82) is 0 Å². The van der Waals surface area contributed by atoms with Gasteiger partial charge in [-0.05, 0) is 36.4 Å². The van der Waals surface area contributed by atoms with Crippen LogP contribution < -0.4 is 0 Å². The molecule has 0 fully saturated rings. The number of hydrogen-bond donors (Lipinski definition) is 1. The molecule has 17 heavy (non-hydrogen) atoms. The molecule has 0 spiro atoms. The first-order valence-corrected chi connectivity index (χ1v) is 6.01. The molecular weight excluding hydrogens is 235 g/mol. The molecule has 4 heteroatoms. The van der Waals surface area contributed by atoms with Gasteiger partial charge in [0.15, 0.2) is 5.16 Å². The predicted octanol–water partition coefficient (Wildman–Crippen LogP) is 3.85. The van der Waals surface area contributed by atoms with E-state index in [1.54, 1.807) is 12.1 Å². The fourth-order valence-corrected chi connectivity index (χ4v) is 2.39. The number of nitrogens with zero attached hydrogens (tertiary/aromatic N) is 1. The second-order valence-electron chi connectivity index (χ2n) is 3.62. The van der Waals surface area contributed by atoms with Crippen LogP contribution in [0.1, 0.15) is 0 Å². The molecule has 0 aliphatic heterocycles. The minimum Gasteiger partial charge on any atom is -0.333 e. The molecule has 0 unspecified atom stereocenters. The molecule has 1 heterocycles. The number of benzene rings is 2. The van der Waals surface area contributed by atoms with Crippen molar-refractivity contribution in [1.82, 2.24) is 9.97 Å². The first-order valence-electron chi connectivity index (χ1n) is 5.19. The van der Waals surface area contributed by atoms with Crippen molar-refractivity contribution in [2.45, 2.75) is 10.1 Å². The highest BCUT2D eigenvalue weighted by Gasteiger charge is 2.03. The molecule has 2 aromatic carbocycles. The molecule has 1 aromatic heterocycles. The molecule has 84 valence electrons. The van der Waals surface area contributed by atoms with E-state index < -0.39 is 0 Å². The largest absolute Gasteiger partial charge is 0.333 e. The summed E-state index contributed by atoms with van der Waals surface area (Å²) in [7, 11) is 0. The minimum atomic E-state index is -0.223. The normalized spacial score (nSPS) is 10.9. The van der Waals surface area contributed by atoms with Crippen LogP contribution in [0.3, 0.4) is 0 Å². The number of nitrogens with one attached hydrogen (secondary N) is 1. The molecule has 0 saturated carbocycles. The summed E-state index contributed by atoms with van der Waals surface area (Å²) < 4.78 is 12.8. The van der Waals surface area contributed by atoms with E-state index in [9.17, 15) is 4.39 Å². The lowest BCUT2D eigenvalue weighted by molar-refractivity contribution is 0.626. The van der Waals surface area contributed by atoms with Gasteiger partial charge in [-0.15, -0.1) is 0 Å². The molecule has 0 atom stereocenters. The van der Waals surface area contributed by atoms with Gasteiger partial charge in [0.25, 0.3) is 0 Å². The Hall–Kier alpha value is -1.81. The van der Waals surface area contributed by atoms with Gasteiger partial charge in [0.2, 0.25) is 0 Å². The molecule has 0 saturated heterocycles. The maximum atomic E-state index is 12.8. The Labute approximate surface area is 102 Å². The zero-order chi connectivity index (χ0) is 11.7. The third kappa shape index (κ3) is 2.17. The molecule has 0 amide bonds. The van der Waals surface area contributed by atoms with E-state index in [-0.39, 0.29) is 5.82 Å². The number of rotatable bonds is 2. The van der Waals surface area contributed by atoms with E-state index in [0.717, 1.165) is 21.1 Å². The summed E-state index contributed by atoms with van der Waals surface area (Å²) in [6, 6.07) is 14.2. The Morgan fingerprint density at radius 1 is 1.00 bits per heavy atom. The number of halogens is 1. The molecular formula is C13H9FN2S. The quantitative estimate of drug-likeness (QED) is 0.741. The summed E-state index contributed by atoms with van der Waals surface area (Å²) in [5, 5.41) is 0.817. The van der Waals surface area contributed by atoms with Gasteiger partial charge >= 0.3 is 0 Å². The average Bonchev–Trinajstić information content (AvgIpc) is 2.74. The van der Waals surface area contributed by atoms with Crippen LogP contribution in [-0.2, 0) is 0 Å². The highest BCUT2D eigenvalue weighted by Crippen LogP contribution is 2.26. The average molecular weight is 244 g/mol. The number of hydrogen-bond acceptors (Lipinski definition) is 2. The van der Waals surface area contributed by atoms with Gasteiger partial charge in [-0.2, -0.15) is 0 Å². The number of aromatic nitrogens is 2. The molecule has 2 nitrogen and oxygen atoms in total. The molecule has 0 bridgehead atoms. The molecule has 0 aliphatic rings. The first-order chi connectivity index (χ1) is 8.31. The van der Waals surface area contributed by atoms with Crippen LogP contribution >= 0.6 is 11.8 Å². The van der Waals surface area contributed by atoms with Crippen molar-refractivity contribution in [3.63, 3.8) is 0 Å². The summed E-state index contributed by atoms with van der Waals surface area (Å²) in [6.45, 7) is 0. The van der Waals surface area contributed by atoms with Crippen LogP contribution in [0.4, 0.5) is 4.39 Å². The zero-order valence-electron chi connectivity index (χ0n) is 8.85. The highest BCUT2D eigenvalue weighted by molar-refractivity contribution is 7.99. The van der Waals surface area contributed by atoms with Crippen molar-refractivity contribution in [3.05, 3.63) is 54.3 Å². The molecule has 1 N–H and O–H groups in total. The minimum absolute atomic E-state index is 0.223. The van der Waals surface area contributed by atoms with Crippen molar-refractivity contribution >= 4 is 22.8 Å². The van der Waals surface area contributed by atoms with E-state index in [4.69, 9.17) is 0 Å². The summed E-state index contributed by atoms with van der Waals surface area (Å²) >= 11 is 1.49. The van der Waals surface area contributed by atoms with Crippen LogP contribution in [-0.4, -0.2) is 9.97 Å². The van der Waals surface area contributed by atoms with Crippen LogP contribution in [0.25, 0.3) is 11.0 Å². The van der Waals surface area contributed by atoms with Crippen LogP contribution in [0.5, 0.6) is 0 Å². The SMILES string of the molecule is Fc1ccc(Sc2nc3ccccc3[nH]2)cc1. The third-order valence-corrected chi connectivity index (χ3v) is 3.29. The fourth-order valence-electron chi connectivity index (χ4n) is 1.59. The van der Waals surface area contributed by atoms with Crippen LogP contribution in [0.15, 0.2) is 58.6 Å². The number of imidazole rings is 1. The highest BCUT2D eigenvalue weighted by atomic mass is 32.2.